The van der Waals surface area contributed by atoms with Crippen molar-refractivity contribution >= 4 is 62.5 Å². The Morgan fingerprint density at radius 1 is 0.956 bits per heavy atom. The molecule has 4 fully saturated rings. The summed E-state index contributed by atoms with van der Waals surface area (Å²) in [5, 5.41) is 6.50. The molecule has 4 aromatic rings. The Balaban J connectivity index is 0.734. The number of imide groups is 2. The van der Waals surface area contributed by atoms with Crippen LogP contribution in [-0.2, 0) is 36.2 Å². The van der Waals surface area contributed by atoms with Crippen LogP contribution in [-0.4, -0.2) is 143 Å². The highest BCUT2D eigenvalue weighted by Crippen LogP contribution is 2.49. The Hall–Kier alpha value is -5.70. The third kappa shape index (κ3) is 9.64. The lowest BCUT2D eigenvalue weighted by Gasteiger charge is -2.59. The second-order valence-corrected chi connectivity index (χ2v) is 22.6. The summed E-state index contributed by atoms with van der Waals surface area (Å²) in [4.78, 5) is 86.7. The molecule has 20 heteroatoms. The Kier molecular flexibility index (Phi) is 13.0. The van der Waals surface area contributed by atoms with Crippen molar-refractivity contribution in [2.24, 2.45) is 5.41 Å². The van der Waals surface area contributed by atoms with Gasteiger partial charge in [0, 0.05) is 74.3 Å². The molecule has 1 aliphatic carbocycles. The highest BCUT2D eigenvalue weighted by Gasteiger charge is 2.54. The zero-order chi connectivity index (χ0) is 48.1. The fourth-order valence-corrected chi connectivity index (χ4v) is 12.3. The number of piperazine rings is 1. The maximum Gasteiger partial charge on any atom is 0.262 e. The minimum atomic E-state index is -3.72. The van der Waals surface area contributed by atoms with Gasteiger partial charge in [-0.05, 0) is 74.9 Å². The normalized spacial score (nSPS) is 20.0. The number of benzene rings is 2. The van der Waals surface area contributed by atoms with Gasteiger partial charge in [0.25, 0.3) is 11.8 Å². The van der Waals surface area contributed by atoms with Crippen molar-refractivity contribution in [2.75, 3.05) is 68.1 Å². The standard InChI is InChI=1S/C48H57FN10O7S2/c1-5-23-68(65,66)55-33-13-7-12-32(39(33)49)40-41(67-45(54-40)47(2,3)4)34-16-17-50-46(52-34)51-30-24-48(25-30)27-58(28-48)37(61)26-57-21-19-56(20-22-57)18-8-10-29-9-6-11-31-38(29)44(64)59(43(31)63)35-14-15-36(60)53-42(35)62/h6-7,9,11-13,16-17,30,35,55H,5,8,10,14-15,18-28H2,1-4H3,(H,50,51,52)(H,53,60,62)/t35-/m1/s1. The van der Waals surface area contributed by atoms with E-state index < -0.39 is 45.5 Å². The number of nitrogens with one attached hydrogen (secondary N) is 3. The number of thiazole rings is 1. The molecular formula is C48H57FN10O7S2. The lowest BCUT2D eigenvalue weighted by molar-refractivity contribution is -0.152. The van der Waals surface area contributed by atoms with E-state index in [-0.39, 0.29) is 52.6 Å². The van der Waals surface area contributed by atoms with Gasteiger partial charge < -0.3 is 15.1 Å². The first kappa shape index (κ1) is 47.4. The average Bonchev–Trinajstić information content (AvgIpc) is 3.82. The van der Waals surface area contributed by atoms with Crippen molar-refractivity contribution in [3.8, 4) is 21.8 Å². The van der Waals surface area contributed by atoms with Gasteiger partial charge in [0.15, 0.2) is 5.82 Å². The first-order valence-corrected chi connectivity index (χ1v) is 25.8. The van der Waals surface area contributed by atoms with E-state index in [1.165, 1.54) is 17.4 Å². The van der Waals surface area contributed by atoms with Crippen molar-refractivity contribution in [2.45, 2.75) is 90.1 Å². The van der Waals surface area contributed by atoms with E-state index in [1.54, 1.807) is 43.5 Å². The fourth-order valence-electron chi connectivity index (χ4n) is 10.0. The van der Waals surface area contributed by atoms with E-state index in [0.717, 1.165) is 67.5 Å². The fraction of sp³-hybridized carbons (Fsp3) is 0.500. The van der Waals surface area contributed by atoms with Crippen LogP contribution in [0.4, 0.5) is 16.0 Å². The van der Waals surface area contributed by atoms with Crippen LogP contribution in [0.1, 0.15) is 97.5 Å². The van der Waals surface area contributed by atoms with Crippen LogP contribution < -0.4 is 15.4 Å². The summed E-state index contributed by atoms with van der Waals surface area (Å²) in [5.74, 6) is -2.26. The summed E-state index contributed by atoms with van der Waals surface area (Å²) < 4.78 is 43.6. The van der Waals surface area contributed by atoms with Gasteiger partial charge in [-0.3, -0.25) is 43.8 Å². The van der Waals surface area contributed by atoms with E-state index in [4.69, 9.17) is 9.97 Å². The predicted octanol–water partition coefficient (Wildman–Crippen LogP) is 4.91. The third-order valence-electron chi connectivity index (χ3n) is 13.5. The molecule has 2 aromatic heterocycles. The highest BCUT2D eigenvalue weighted by atomic mass is 32.2. The number of aromatic nitrogens is 3. The zero-order valence-corrected chi connectivity index (χ0v) is 40.4. The molecule has 5 aliphatic rings. The molecule has 0 radical (unpaired) electrons. The number of sulfonamides is 1. The number of aryl methyl sites for hydroxylation is 1. The van der Waals surface area contributed by atoms with E-state index in [1.807, 2.05) is 31.7 Å². The Labute approximate surface area is 399 Å². The molecule has 1 spiro atoms. The van der Waals surface area contributed by atoms with Crippen LogP contribution in [0.25, 0.3) is 21.8 Å². The van der Waals surface area contributed by atoms with E-state index in [9.17, 15) is 32.4 Å². The van der Waals surface area contributed by atoms with Gasteiger partial charge in [-0.25, -0.2) is 27.8 Å². The summed E-state index contributed by atoms with van der Waals surface area (Å²) in [5.41, 5.74) is 2.15. The number of nitrogens with zero attached hydrogens (tertiary/aromatic N) is 7. The van der Waals surface area contributed by atoms with Gasteiger partial charge in [0.05, 0.1) is 50.4 Å². The minimum Gasteiger partial charge on any atom is -0.351 e. The topological polar surface area (TPSA) is 207 Å². The third-order valence-corrected chi connectivity index (χ3v) is 16.5. The Bertz CT molecular complexity index is 2770. The average molecular weight is 969 g/mol. The molecule has 3 N–H and O–H groups in total. The molecule has 3 saturated heterocycles. The second kappa shape index (κ2) is 18.7. The number of likely N-dealkylation sites (tertiary alicyclic amines) is 1. The summed E-state index contributed by atoms with van der Waals surface area (Å²) in [6.07, 6.45) is 5.38. The number of anilines is 2. The lowest BCUT2D eigenvalue weighted by atomic mass is 9.60. The second-order valence-electron chi connectivity index (χ2n) is 19.8. The van der Waals surface area contributed by atoms with Gasteiger partial charge in [0.2, 0.25) is 33.7 Å². The first-order valence-electron chi connectivity index (χ1n) is 23.4. The van der Waals surface area contributed by atoms with Crippen molar-refractivity contribution in [1.29, 1.82) is 0 Å². The molecule has 1 saturated carbocycles. The van der Waals surface area contributed by atoms with Crippen molar-refractivity contribution < 1.29 is 36.8 Å². The Morgan fingerprint density at radius 2 is 1.68 bits per heavy atom. The molecule has 68 heavy (non-hydrogen) atoms. The number of piperidine rings is 1. The van der Waals surface area contributed by atoms with Gasteiger partial charge >= 0.3 is 0 Å². The largest absolute Gasteiger partial charge is 0.351 e. The van der Waals surface area contributed by atoms with E-state index >= 15 is 4.39 Å². The number of amides is 5. The molecule has 0 bridgehead atoms. The highest BCUT2D eigenvalue weighted by molar-refractivity contribution is 7.92. The number of fused-ring (bicyclic) bond motifs is 1. The van der Waals surface area contributed by atoms with E-state index in [2.05, 4.69) is 30.1 Å². The number of carbonyl (C=O) groups is 5. The number of hydrogen-bond donors (Lipinski definition) is 3. The molecule has 4 aliphatic heterocycles. The maximum atomic E-state index is 16.1. The predicted molar refractivity (Wildman–Crippen MR) is 255 cm³/mol. The Morgan fingerprint density at radius 3 is 2.40 bits per heavy atom. The van der Waals surface area contributed by atoms with Crippen LogP contribution in [0, 0.1) is 11.2 Å². The van der Waals surface area contributed by atoms with Gasteiger partial charge in [-0.2, -0.15) is 0 Å². The van der Waals surface area contributed by atoms with Gasteiger partial charge in [-0.15, -0.1) is 11.3 Å². The monoisotopic (exact) mass is 968 g/mol. The molecule has 5 amide bonds. The number of halogens is 1. The quantitative estimate of drug-likeness (QED) is 0.136. The number of hydrogen-bond acceptors (Lipinski definition) is 14. The first-order chi connectivity index (χ1) is 32.4. The smallest absolute Gasteiger partial charge is 0.262 e. The molecule has 360 valence electrons. The molecule has 2 aromatic carbocycles. The molecular weight excluding hydrogens is 912 g/mol. The summed E-state index contributed by atoms with van der Waals surface area (Å²) in [7, 11) is -3.72. The molecule has 9 rings (SSSR count). The van der Waals surface area contributed by atoms with Crippen LogP contribution in [0.3, 0.4) is 0 Å². The maximum absolute atomic E-state index is 16.1. The summed E-state index contributed by atoms with van der Waals surface area (Å²) in [6, 6.07) is 10.8. The van der Waals surface area contributed by atoms with Gasteiger partial charge in [-0.1, -0.05) is 45.9 Å². The summed E-state index contributed by atoms with van der Waals surface area (Å²) >= 11 is 1.42. The zero-order valence-electron chi connectivity index (χ0n) is 38.8. The van der Waals surface area contributed by atoms with Crippen molar-refractivity contribution in [3.63, 3.8) is 0 Å². The molecule has 6 heterocycles. The van der Waals surface area contributed by atoms with Crippen molar-refractivity contribution in [1.82, 2.24) is 39.9 Å². The van der Waals surface area contributed by atoms with Crippen LogP contribution in [0.5, 0.6) is 0 Å². The van der Waals surface area contributed by atoms with Crippen molar-refractivity contribution in [3.05, 3.63) is 76.2 Å². The minimum absolute atomic E-state index is 0.0667. The van der Waals surface area contributed by atoms with Crippen LogP contribution in [0.15, 0.2) is 48.7 Å². The number of carbonyl (C=O) groups excluding carboxylic acids is 5. The number of rotatable bonds is 15. The van der Waals surface area contributed by atoms with E-state index in [0.29, 0.717) is 65.8 Å². The molecule has 17 nitrogen and oxygen atoms in total. The SMILES string of the molecule is CCCS(=O)(=O)Nc1cccc(-c2nc(C(C)(C)C)sc2-c2ccnc(NC3CC4(C3)CN(C(=O)CN3CCN(CCCc5cccc6c5C(=O)N([C@@H]5CCC(=O)NC5=O)C6=O)CC3)C4)n2)c1F. The van der Waals surface area contributed by atoms with Gasteiger partial charge in [0.1, 0.15) is 6.04 Å². The van der Waals surface area contributed by atoms with Crippen LogP contribution in [0.2, 0.25) is 0 Å². The molecule has 0 unspecified atom stereocenters. The summed E-state index contributed by atoms with van der Waals surface area (Å²) in [6.45, 7) is 13.6. The molecule has 1 atom stereocenters. The lowest BCUT2D eigenvalue weighted by Crippen LogP contribution is -2.67. The van der Waals surface area contributed by atoms with Crippen LogP contribution >= 0.6 is 11.3 Å².